The standard InChI is InChI=1S/C18H22BrNO5/c1-5-13-14(15-16(23-13)25-18(2,3)24-15)20(17(21)22-4)10-11-8-6-7-9-12(11)19/h5-9,13-16H,1,10H2,2-4H3/t13-,14-,15-,16-/m1/s1. The van der Waals surface area contributed by atoms with E-state index < -0.39 is 36.4 Å². The summed E-state index contributed by atoms with van der Waals surface area (Å²) < 4.78 is 23.6. The fraction of sp³-hybridized carbons (Fsp3) is 0.500. The van der Waals surface area contributed by atoms with Gasteiger partial charge in [0.05, 0.1) is 19.7 Å². The van der Waals surface area contributed by atoms with Crippen molar-refractivity contribution in [2.75, 3.05) is 7.11 Å². The van der Waals surface area contributed by atoms with E-state index in [1.807, 2.05) is 38.1 Å². The van der Waals surface area contributed by atoms with Crippen LogP contribution in [0, 0.1) is 0 Å². The molecule has 1 aromatic carbocycles. The minimum absolute atomic E-state index is 0.347. The van der Waals surface area contributed by atoms with Crippen molar-refractivity contribution >= 4 is 22.0 Å². The van der Waals surface area contributed by atoms with Gasteiger partial charge in [-0.3, -0.25) is 4.90 Å². The molecule has 136 valence electrons. The summed E-state index contributed by atoms with van der Waals surface area (Å²) in [5, 5.41) is 0. The molecule has 0 radical (unpaired) electrons. The van der Waals surface area contributed by atoms with Crippen molar-refractivity contribution in [1.82, 2.24) is 4.90 Å². The van der Waals surface area contributed by atoms with Crippen LogP contribution < -0.4 is 0 Å². The fourth-order valence-electron chi connectivity index (χ4n) is 3.28. The Balaban J connectivity index is 1.92. The van der Waals surface area contributed by atoms with E-state index in [9.17, 15) is 4.79 Å². The molecule has 0 saturated carbocycles. The highest BCUT2D eigenvalue weighted by Crippen LogP contribution is 2.40. The van der Waals surface area contributed by atoms with Gasteiger partial charge in [0.2, 0.25) is 0 Å². The van der Waals surface area contributed by atoms with Crippen molar-refractivity contribution in [3.8, 4) is 0 Å². The molecule has 2 saturated heterocycles. The summed E-state index contributed by atoms with van der Waals surface area (Å²) in [6.07, 6.45) is -0.162. The first-order chi connectivity index (χ1) is 11.9. The zero-order valence-corrected chi connectivity index (χ0v) is 16.1. The molecule has 0 bridgehead atoms. The second kappa shape index (κ2) is 7.07. The molecule has 2 aliphatic heterocycles. The van der Waals surface area contributed by atoms with Gasteiger partial charge in [-0.05, 0) is 25.5 Å². The van der Waals surface area contributed by atoms with Crippen molar-refractivity contribution in [3.05, 3.63) is 47.0 Å². The molecule has 0 N–H and O–H groups in total. The Morgan fingerprint density at radius 2 is 2.12 bits per heavy atom. The molecule has 2 heterocycles. The Bertz CT molecular complexity index is 665. The molecular formula is C18H22BrNO5. The number of ether oxygens (including phenoxy) is 4. The van der Waals surface area contributed by atoms with Crippen LogP contribution in [0.25, 0.3) is 0 Å². The Labute approximate surface area is 155 Å². The highest BCUT2D eigenvalue weighted by Gasteiger charge is 2.56. The number of rotatable bonds is 4. The van der Waals surface area contributed by atoms with Gasteiger partial charge in [0.25, 0.3) is 0 Å². The molecule has 6 nitrogen and oxygen atoms in total. The SMILES string of the molecule is C=C[C@H]1O[C@@H]2OC(C)(C)O[C@@H]2[C@@H]1N(Cc1ccccc1Br)C(=O)OC. The molecule has 0 unspecified atom stereocenters. The number of amides is 1. The second-order valence-corrected chi connectivity index (χ2v) is 7.34. The smallest absolute Gasteiger partial charge is 0.410 e. The van der Waals surface area contributed by atoms with E-state index in [0.717, 1.165) is 10.0 Å². The van der Waals surface area contributed by atoms with E-state index >= 15 is 0 Å². The number of methoxy groups -OCH3 is 1. The zero-order chi connectivity index (χ0) is 18.2. The van der Waals surface area contributed by atoms with E-state index in [1.54, 1.807) is 11.0 Å². The number of carbonyl (C=O) groups is 1. The maximum atomic E-state index is 12.5. The third-order valence-corrected chi connectivity index (χ3v) is 5.13. The first-order valence-corrected chi connectivity index (χ1v) is 8.87. The van der Waals surface area contributed by atoms with E-state index in [1.165, 1.54) is 7.11 Å². The van der Waals surface area contributed by atoms with Gasteiger partial charge in [-0.25, -0.2) is 4.79 Å². The van der Waals surface area contributed by atoms with Gasteiger partial charge >= 0.3 is 6.09 Å². The molecule has 2 aliphatic rings. The Morgan fingerprint density at radius 1 is 1.40 bits per heavy atom. The summed E-state index contributed by atoms with van der Waals surface area (Å²) in [6.45, 7) is 7.82. The zero-order valence-electron chi connectivity index (χ0n) is 14.5. The summed E-state index contributed by atoms with van der Waals surface area (Å²) in [6, 6.07) is 7.33. The molecule has 7 heteroatoms. The molecule has 2 fully saturated rings. The largest absolute Gasteiger partial charge is 0.453 e. The second-order valence-electron chi connectivity index (χ2n) is 6.48. The lowest BCUT2D eigenvalue weighted by Crippen LogP contribution is -2.50. The van der Waals surface area contributed by atoms with Crippen LogP contribution in [0.4, 0.5) is 4.79 Å². The van der Waals surface area contributed by atoms with E-state index in [2.05, 4.69) is 22.5 Å². The molecular weight excluding hydrogens is 390 g/mol. The molecule has 4 atom stereocenters. The Morgan fingerprint density at radius 3 is 2.76 bits per heavy atom. The van der Waals surface area contributed by atoms with Gasteiger partial charge < -0.3 is 18.9 Å². The van der Waals surface area contributed by atoms with Crippen molar-refractivity contribution < 1.29 is 23.7 Å². The predicted molar refractivity (Wildman–Crippen MR) is 94.8 cm³/mol. The van der Waals surface area contributed by atoms with Gasteiger partial charge in [0, 0.05) is 4.47 Å². The van der Waals surface area contributed by atoms with Gasteiger partial charge in [-0.1, -0.05) is 40.2 Å². The van der Waals surface area contributed by atoms with Gasteiger partial charge in [-0.2, -0.15) is 0 Å². The van der Waals surface area contributed by atoms with Crippen LogP contribution in [0.3, 0.4) is 0 Å². The molecule has 0 aliphatic carbocycles. The number of carbonyl (C=O) groups excluding carboxylic acids is 1. The lowest BCUT2D eigenvalue weighted by atomic mass is 10.0. The van der Waals surface area contributed by atoms with E-state index in [-0.39, 0.29) is 0 Å². The summed E-state index contributed by atoms with van der Waals surface area (Å²) >= 11 is 3.52. The highest BCUT2D eigenvalue weighted by molar-refractivity contribution is 9.10. The maximum Gasteiger partial charge on any atom is 0.410 e. The average Bonchev–Trinajstić information content (AvgIpc) is 3.04. The summed E-state index contributed by atoms with van der Waals surface area (Å²) in [5.74, 6) is -0.769. The van der Waals surface area contributed by atoms with Crippen LogP contribution in [-0.2, 0) is 25.5 Å². The van der Waals surface area contributed by atoms with Crippen molar-refractivity contribution in [2.24, 2.45) is 0 Å². The third-order valence-electron chi connectivity index (χ3n) is 4.35. The summed E-state index contributed by atoms with van der Waals surface area (Å²) in [4.78, 5) is 14.1. The van der Waals surface area contributed by atoms with E-state index in [4.69, 9.17) is 18.9 Å². The molecule has 25 heavy (non-hydrogen) atoms. The van der Waals surface area contributed by atoms with Gasteiger partial charge in [0.15, 0.2) is 12.1 Å². The first-order valence-electron chi connectivity index (χ1n) is 8.08. The van der Waals surface area contributed by atoms with Gasteiger partial charge in [-0.15, -0.1) is 6.58 Å². The number of nitrogens with zero attached hydrogens (tertiary/aromatic N) is 1. The van der Waals surface area contributed by atoms with Crippen molar-refractivity contribution in [2.45, 2.75) is 50.7 Å². The molecule has 1 amide bonds. The van der Waals surface area contributed by atoms with Crippen LogP contribution in [0.2, 0.25) is 0 Å². The van der Waals surface area contributed by atoms with Crippen molar-refractivity contribution in [1.29, 1.82) is 0 Å². The quantitative estimate of drug-likeness (QED) is 0.710. The van der Waals surface area contributed by atoms with Crippen molar-refractivity contribution in [3.63, 3.8) is 0 Å². The summed E-state index contributed by atoms with van der Waals surface area (Å²) in [7, 11) is 1.36. The average molecular weight is 412 g/mol. The minimum atomic E-state index is -0.769. The lowest BCUT2D eigenvalue weighted by Gasteiger charge is -2.33. The maximum absolute atomic E-state index is 12.5. The first kappa shape index (κ1) is 18.4. The number of fused-ring (bicyclic) bond motifs is 1. The highest BCUT2D eigenvalue weighted by atomic mass is 79.9. The van der Waals surface area contributed by atoms with Crippen LogP contribution in [0.5, 0.6) is 0 Å². The van der Waals surface area contributed by atoms with Crippen LogP contribution >= 0.6 is 15.9 Å². The Hall–Kier alpha value is -1.41. The lowest BCUT2D eigenvalue weighted by molar-refractivity contribution is -0.205. The molecule has 0 spiro atoms. The van der Waals surface area contributed by atoms with Crippen LogP contribution in [-0.4, -0.2) is 48.4 Å². The number of benzene rings is 1. The fourth-order valence-corrected chi connectivity index (χ4v) is 3.70. The van der Waals surface area contributed by atoms with Crippen LogP contribution in [0.1, 0.15) is 19.4 Å². The molecule has 3 rings (SSSR count). The Kier molecular flexibility index (Phi) is 5.20. The minimum Gasteiger partial charge on any atom is -0.453 e. The number of hydrogen-bond acceptors (Lipinski definition) is 5. The third kappa shape index (κ3) is 3.60. The summed E-state index contributed by atoms with van der Waals surface area (Å²) in [5.41, 5.74) is 0.956. The number of halogens is 1. The molecule has 0 aromatic heterocycles. The normalized spacial score (nSPS) is 29.9. The molecule has 1 aromatic rings. The van der Waals surface area contributed by atoms with Crippen LogP contribution in [0.15, 0.2) is 41.4 Å². The topological polar surface area (TPSA) is 57.2 Å². The predicted octanol–water partition coefficient (Wildman–Crippen LogP) is 3.45. The van der Waals surface area contributed by atoms with Gasteiger partial charge in [0.1, 0.15) is 12.2 Å². The monoisotopic (exact) mass is 411 g/mol. The van der Waals surface area contributed by atoms with E-state index in [0.29, 0.717) is 6.54 Å². The number of hydrogen-bond donors (Lipinski definition) is 0.